The molecule has 0 heterocycles. The summed E-state index contributed by atoms with van der Waals surface area (Å²) in [5.41, 5.74) is 4.70. The van der Waals surface area contributed by atoms with Gasteiger partial charge in [0.1, 0.15) is 0 Å². The van der Waals surface area contributed by atoms with E-state index < -0.39 is 0 Å². The number of anilines is 1. The van der Waals surface area contributed by atoms with Crippen molar-refractivity contribution in [3.8, 4) is 0 Å². The van der Waals surface area contributed by atoms with Crippen LogP contribution in [0.2, 0.25) is 0 Å². The molecular weight excluding hydrogens is 242 g/mol. The Bertz CT molecular complexity index is 516. The summed E-state index contributed by atoms with van der Waals surface area (Å²) in [5, 5.41) is 6.73. The highest BCUT2D eigenvalue weighted by Gasteiger charge is 2.24. The molecule has 0 atom stereocenters. The number of hydrazone groups is 1. The summed E-state index contributed by atoms with van der Waals surface area (Å²) in [6.07, 6.45) is 2.33. The zero-order chi connectivity index (χ0) is 13.8. The molecule has 100 valence electrons. The van der Waals surface area contributed by atoms with Crippen LogP contribution < -0.4 is 10.7 Å². The Balaban J connectivity index is 1.95. The predicted octanol–water partition coefficient (Wildman–Crippen LogP) is 2.16. The van der Waals surface area contributed by atoms with Crippen molar-refractivity contribution in [2.75, 3.05) is 5.32 Å². The maximum Gasteiger partial charge on any atom is 0.271 e. The van der Waals surface area contributed by atoms with Crippen molar-refractivity contribution in [1.29, 1.82) is 0 Å². The Morgan fingerprint density at radius 1 is 1.16 bits per heavy atom. The quantitative estimate of drug-likeness (QED) is 0.642. The molecule has 0 spiro atoms. The number of hydrogen-bond acceptors (Lipinski definition) is 3. The number of benzene rings is 1. The van der Waals surface area contributed by atoms with Crippen LogP contribution in [0, 0.1) is 5.92 Å². The lowest BCUT2D eigenvalue weighted by Crippen LogP contribution is -2.19. The number of hydrogen-bond donors (Lipinski definition) is 2. The van der Waals surface area contributed by atoms with Crippen LogP contribution >= 0.6 is 0 Å². The van der Waals surface area contributed by atoms with Crippen LogP contribution in [0.25, 0.3) is 0 Å². The summed E-state index contributed by atoms with van der Waals surface area (Å²) < 4.78 is 0. The zero-order valence-electron chi connectivity index (χ0n) is 11.1. The number of nitrogens with one attached hydrogen (secondary N) is 2. The molecule has 1 aliphatic rings. The van der Waals surface area contributed by atoms with Gasteiger partial charge in [0.15, 0.2) is 0 Å². The first-order valence-corrected chi connectivity index (χ1v) is 6.28. The van der Waals surface area contributed by atoms with Gasteiger partial charge in [0.25, 0.3) is 5.91 Å². The van der Waals surface area contributed by atoms with Crippen molar-refractivity contribution in [1.82, 2.24) is 5.43 Å². The molecular formula is C14H17N3O2. The minimum absolute atomic E-state index is 0.137. The van der Waals surface area contributed by atoms with E-state index in [4.69, 9.17) is 0 Å². The molecule has 2 N–H and O–H groups in total. The fraction of sp³-hybridized carbons (Fsp3) is 0.357. The summed E-state index contributed by atoms with van der Waals surface area (Å²) in [6, 6.07) is 6.69. The van der Waals surface area contributed by atoms with Gasteiger partial charge in [-0.3, -0.25) is 9.59 Å². The first-order chi connectivity index (χ1) is 9.06. The summed E-state index contributed by atoms with van der Waals surface area (Å²) in [7, 11) is 0. The van der Waals surface area contributed by atoms with Crippen LogP contribution in [0.15, 0.2) is 29.4 Å². The van der Waals surface area contributed by atoms with E-state index in [1.54, 1.807) is 24.3 Å². The normalized spacial score (nSPS) is 14.9. The first kappa shape index (κ1) is 13.3. The van der Waals surface area contributed by atoms with Crippen molar-refractivity contribution in [3.63, 3.8) is 0 Å². The van der Waals surface area contributed by atoms with Crippen LogP contribution in [-0.2, 0) is 4.79 Å². The molecule has 5 nitrogen and oxygen atoms in total. The second-order valence-electron chi connectivity index (χ2n) is 4.73. The number of carbonyl (C=O) groups excluding carboxylic acids is 2. The molecule has 1 aromatic rings. The van der Waals surface area contributed by atoms with Gasteiger partial charge in [-0.25, -0.2) is 5.43 Å². The Kier molecular flexibility index (Phi) is 3.94. The molecule has 2 rings (SSSR count). The molecule has 1 fully saturated rings. The molecule has 0 aliphatic heterocycles. The summed E-state index contributed by atoms with van der Waals surface area (Å²) in [5.74, 6) is 0.165. The Morgan fingerprint density at radius 2 is 1.79 bits per heavy atom. The van der Waals surface area contributed by atoms with Gasteiger partial charge in [0, 0.05) is 23.9 Å². The Hall–Kier alpha value is -2.17. The lowest BCUT2D eigenvalue weighted by molar-refractivity contribution is -0.114. The van der Waals surface area contributed by atoms with Crippen molar-refractivity contribution in [3.05, 3.63) is 29.8 Å². The van der Waals surface area contributed by atoms with Gasteiger partial charge < -0.3 is 5.32 Å². The molecule has 19 heavy (non-hydrogen) atoms. The van der Waals surface area contributed by atoms with Crippen LogP contribution in [0.4, 0.5) is 5.69 Å². The van der Waals surface area contributed by atoms with Crippen molar-refractivity contribution in [2.45, 2.75) is 26.7 Å². The smallest absolute Gasteiger partial charge is 0.271 e. The van der Waals surface area contributed by atoms with E-state index in [0.717, 1.165) is 18.6 Å². The molecule has 0 unspecified atom stereocenters. The maximum atomic E-state index is 11.8. The molecule has 0 aromatic heterocycles. The van der Waals surface area contributed by atoms with Crippen molar-refractivity contribution >= 4 is 23.2 Å². The van der Waals surface area contributed by atoms with E-state index in [-0.39, 0.29) is 11.8 Å². The van der Waals surface area contributed by atoms with Gasteiger partial charge in [-0.15, -0.1) is 0 Å². The Labute approximate surface area is 112 Å². The van der Waals surface area contributed by atoms with Crippen LogP contribution in [0.3, 0.4) is 0 Å². The summed E-state index contributed by atoms with van der Waals surface area (Å²) in [4.78, 5) is 22.7. The zero-order valence-corrected chi connectivity index (χ0v) is 11.1. The minimum Gasteiger partial charge on any atom is -0.326 e. The van der Waals surface area contributed by atoms with E-state index in [2.05, 4.69) is 15.8 Å². The molecule has 1 saturated carbocycles. The highest BCUT2D eigenvalue weighted by molar-refractivity contribution is 5.96. The maximum absolute atomic E-state index is 11.8. The van der Waals surface area contributed by atoms with Gasteiger partial charge in [-0.2, -0.15) is 5.10 Å². The lowest BCUT2D eigenvalue weighted by Gasteiger charge is -2.04. The van der Waals surface area contributed by atoms with Gasteiger partial charge in [0.05, 0.1) is 0 Å². The monoisotopic (exact) mass is 259 g/mol. The summed E-state index contributed by atoms with van der Waals surface area (Å²) in [6.45, 7) is 3.37. The van der Waals surface area contributed by atoms with Crippen molar-refractivity contribution < 1.29 is 9.59 Å². The number of rotatable bonds is 4. The third-order valence-electron chi connectivity index (χ3n) is 2.97. The van der Waals surface area contributed by atoms with Gasteiger partial charge in [-0.05, 0) is 49.9 Å². The number of nitrogens with zero attached hydrogens (tertiary/aromatic N) is 1. The SMILES string of the molecule is CC(=O)Nc1ccc(C(=O)N/N=C(/C)C2CC2)cc1. The lowest BCUT2D eigenvalue weighted by atomic mass is 10.2. The van der Waals surface area contributed by atoms with E-state index in [1.165, 1.54) is 6.92 Å². The van der Waals surface area contributed by atoms with Gasteiger partial charge >= 0.3 is 0 Å². The standard InChI is InChI=1S/C14H17N3O2/c1-9(11-3-4-11)16-17-14(19)12-5-7-13(8-6-12)15-10(2)18/h5-8,11H,3-4H2,1-2H3,(H,15,18)(H,17,19)/b16-9-. The van der Waals surface area contributed by atoms with E-state index in [1.807, 2.05) is 6.92 Å². The third-order valence-corrected chi connectivity index (χ3v) is 2.97. The molecule has 1 aromatic carbocycles. The second kappa shape index (κ2) is 5.65. The topological polar surface area (TPSA) is 70.6 Å². The molecule has 0 saturated heterocycles. The highest BCUT2D eigenvalue weighted by atomic mass is 16.2. The van der Waals surface area contributed by atoms with Gasteiger partial charge in [0.2, 0.25) is 5.91 Å². The van der Waals surface area contributed by atoms with Crippen LogP contribution in [0.1, 0.15) is 37.0 Å². The van der Waals surface area contributed by atoms with E-state index in [9.17, 15) is 9.59 Å². The molecule has 5 heteroatoms. The fourth-order valence-electron chi connectivity index (χ4n) is 1.70. The van der Waals surface area contributed by atoms with E-state index >= 15 is 0 Å². The third kappa shape index (κ3) is 3.91. The predicted molar refractivity (Wildman–Crippen MR) is 74.0 cm³/mol. The molecule has 1 aliphatic carbocycles. The number of carbonyl (C=O) groups is 2. The minimum atomic E-state index is -0.241. The van der Waals surface area contributed by atoms with Crippen molar-refractivity contribution in [2.24, 2.45) is 11.0 Å². The fourth-order valence-corrected chi connectivity index (χ4v) is 1.70. The molecule has 0 radical (unpaired) electrons. The first-order valence-electron chi connectivity index (χ1n) is 6.28. The van der Waals surface area contributed by atoms with Crippen LogP contribution in [0.5, 0.6) is 0 Å². The second-order valence-corrected chi connectivity index (χ2v) is 4.73. The molecule has 2 amide bonds. The largest absolute Gasteiger partial charge is 0.326 e. The Morgan fingerprint density at radius 3 is 2.32 bits per heavy atom. The highest BCUT2D eigenvalue weighted by Crippen LogP contribution is 2.30. The number of amides is 2. The average molecular weight is 259 g/mol. The van der Waals surface area contributed by atoms with E-state index in [0.29, 0.717) is 17.2 Å². The summed E-state index contributed by atoms with van der Waals surface area (Å²) >= 11 is 0. The van der Waals surface area contributed by atoms with Crippen LogP contribution in [-0.4, -0.2) is 17.5 Å². The van der Waals surface area contributed by atoms with Gasteiger partial charge in [-0.1, -0.05) is 0 Å². The average Bonchev–Trinajstić information content (AvgIpc) is 3.20. The molecule has 0 bridgehead atoms.